The van der Waals surface area contributed by atoms with Gasteiger partial charge in [0.25, 0.3) is 0 Å². The fourth-order valence-corrected chi connectivity index (χ4v) is 5.07. The van der Waals surface area contributed by atoms with E-state index in [2.05, 4.69) is 12.4 Å². The smallest absolute Gasteiger partial charge is 0.0729 e. The Morgan fingerprint density at radius 3 is 2.62 bits per heavy atom. The first-order chi connectivity index (χ1) is 10.3. The van der Waals surface area contributed by atoms with Crippen LogP contribution < -0.4 is 5.32 Å². The van der Waals surface area contributed by atoms with Gasteiger partial charge in [-0.3, -0.25) is 0 Å². The zero-order valence-corrected chi connectivity index (χ0v) is 13.7. The first-order valence-electron chi connectivity index (χ1n) is 9.19. The molecule has 1 aliphatic carbocycles. The van der Waals surface area contributed by atoms with Gasteiger partial charge in [-0.25, -0.2) is 0 Å². The van der Waals surface area contributed by atoms with Crippen LogP contribution in [0.2, 0.25) is 0 Å². The molecular formula is C18H33NO2. The Labute approximate surface area is 130 Å². The summed E-state index contributed by atoms with van der Waals surface area (Å²) in [5.74, 6) is 2.69. The molecule has 2 saturated heterocycles. The van der Waals surface area contributed by atoms with E-state index in [1.807, 2.05) is 0 Å². The Bertz CT molecular complexity index is 309. The highest BCUT2D eigenvalue weighted by Gasteiger charge is 2.42. The molecule has 1 spiro atoms. The highest BCUT2D eigenvalue weighted by Crippen LogP contribution is 2.44. The molecule has 3 heteroatoms. The van der Waals surface area contributed by atoms with Crippen molar-refractivity contribution >= 4 is 0 Å². The molecular weight excluding hydrogens is 262 g/mol. The molecule has 0 aromatic rings. The van der Waals surface area contributed by atoms with Gasteiger partial charge in [0.15, 0.2) is 0 Å². The van der Waals surface area contributed by atoms with Crippen LogP contribution in [-0.2, 0) is 9.47 Å². The summed E-state index contributed by atoms with van der Waals surface area (Å²) < 4.78 is 11.8. The topological polar surface area (TPSA) is 30.5 Å². The Morgan fingerprint density at radius 1 is 1.00 bits per heavy atom. The number of nitrogens with one attached hydrogen (secondary N) is 1. The van der Waals surface area contributed by atoms with E-state index in [0.29, 0.717) is 0 Å². The minimum atomic E-state index is 0.164. The molecule has 122 valence electrons. The maximum absolute atomic E-state index is 6.26. The van der Waals surface area contributed by atoms with Gasteiger partial charge in [-0.15, -0.1) is 0 Å². The lowest BCUT2D eigenvalue weighted by molar-refractivity contribution is -0.155. The van der Waals surface area contributed by atoms with Gasteiger partial charge < -0.3 is 14.8 Å². The summed E-state index contributed by atoms with van der Waals surface area (Å²) in [5.41, 5.74) is 0.164. The summed E-state index contributed by atoms with van der Waals surface area (Å²) >= 11 is 0. The molecule has 2 aliphatic heterocycles. The molecule has 0 aromatic carbocycles. The predicted molar refractivity (Wildman–Crippen MR) is 85.5 cm³/mol. The summed E-state index contributed by atoms with van der Waals surface area (Å²) in [5, 5.41) is 3.45. The van der Waals surface area contributed by atoms with E-state index >= 15 is 0 Å². The Morgan fingerprint density at radius 2 is 1.81 bits per heavy atom. The van der Waals surface area contributed by atoms with Crippen LogP contribution in [0, 0.1) is 17.8 Å². The summed E-state index contributed by atoms with van der Waals surface area (Å²) in [6, 6.07) is 0. The maximum Gasteiger partial charge on any atom is 0.0729 e. The second kappa shape index (κ2) is 7.43. The van der Waals surface area contributed by atoms with E-state index in [1.54, 1.807) is 0 Å². The summed E-state index contributed by atoms with van der Waals surface area (Å²) in [6.07, 6.45) is 12.0. The van der Waals surface area contributed by atoms with E-state index in [0.717, 1.165) is 50.4 Å². The molecule has 3 fully saturated rings. The molecule has 1 saturated carbocycles. The lowest BCUT2D eigenvalue weighted by Crippen LogP contribution is -2.47. The van der Waals surface area contributed by atoms with Gasteiger partial charge >= 0.3 is 0 Å². The standard InChI is InChI=1S/C18H33NO2/c1-19-14-16-5-3-2-4-6-17(16)15-7-10-21-18(13-15)8-11-20-12-9-18/h15-17,19H,2-14H2,1H3. The fraction of sp³-hybridized carbons (Fsp3) is 1.00. The zero-order valence-electron chi connectivity index (χ0n) is 13.7. The van der Waals surface area contributed by atoms with Gasteiger partial charge in [0.05, 0.1) is 5.60 Å². The molecule has 1 N–H and O–H groups in total. The number of hydrogen-bond acceptors (Lipinski definition) is 3. The Kier molecular flexibility index (Phi) is 5.58. The van der Waals surface area contributed by atoms with Gasteiger partial charge in [-0.05, 0) is 69.9 Å². The van der Waals surface area contributed by atoms with Crippen LogP contribution in [0.3, 0.4) is 0 Å². The van der Waals surface area contributed by atoms with Crippen molar-refractivity contribution in [1.82, 2.24) is 5.32 Å². The van der Waals surface area contributed by atoms with Crippen molar-refractivity contribution in [3.8, 4) is 0 Å². The second-order valence-electron chi connectivity index (χ2n) is 7.52. The van der Waals surface area contributed by atoms with E-state index in [1.165, 1.54) is 51.5 Å². The van der Waals surface area contributed by atoms with Crippen molar-refractivity contribution < 1.29 is 9.47 Å². The molecule has 0 bridgehead atoms. The van der Waals surface area contributed by atoms with E-state index in [4.69, 9.17) is 9.47 Å². The van der Waals surface area contributed by atoms with Gasteiger partial charge in [-0.1, -0.05) is 19.3 Å². The number of hydrogen-bond donors (Lipinski definition) is 1. The third kappa shape index (κ3) is 3.80. The van der Waals surface area contributed by atoms with Crippen molar-refractivity contribution in [2.24, 2.45) is 17.8 Å². The summed E-state index contributed by atoms with van der Waals surface area (Å²) in [6.45, 7) is 3.99. The molecule has 3 nitrogen and oxygen atoms in total. The molecule has 3 unspecified atom stereocenters. The SMILES string of the molecule is CNCC1CCCCCC1C1CCOC2(CCOCC2)C1. The average Bonchev–Trinajstić information content (AvgIpc) is 2.74. The van der Waals surface area contributed by atoms with Crippen LogP contribution in [0.1, 0.15) is 57.8 Å². The quantitative estimate of drug-likeness (QED) is 0.810. The molecule has 3 atom stereocenters. The van der Waals surface area contributed by atoms with E-state index in [-0.39, 0.29) is 5.60 Å². The summed E-state index contributed by atoms with van der Waals surface area (Å²) in [4.78, 5) is 0. The summed E-state index contributed by atoms with van der Waals surface area (Å²) in [7, 11) is 2.12. The minimum Gasteiger partial charge on any atom is -0.381 e. The van der Waals surface area contributed by atoms with E-state index < -0.39 is 0 Å². The second-order valence-corrected chi connectivity index (χ2v) is 7.52. The first-order valence-corrected chi connectivity index (χ1v) is 9.19. The third-order valence-corrected chi connectivity index (χ3v) is 6.22. The zero-order chi connectivity index (χ0) is 14.5. The highest BCUT2D eigenvalue weighted by atomic mass is 16.5. The van der Waals surface area contributed by atoms with Crippen LogP contribution in [0.5, 0.6) is 0 Å². The van der Waals surface area contributed by atoms with Crippen molar-refractivity contribution in [2.75, 3.05) is 33.4 Å². The van der Waals surface area contributed by atoms with Gasteiger partial charge in [0.1, 0.15) is 0 Å². The van der Waals surface area contributed by atoms with Gasteiger partial charge in [0, 0.05) is 19.8 Å². The van der Waals surface area contributed by atoms with Crippen molar-refractivity contribution in [3.63, 3.8) is 0 Å². The Balaban J connectivity index is 1.67. The van der Waals surface area contributed by atoms with Crippen LogP contribution in [-0.4, -0.2) is 39.0 Å². The van der Waals surface area contributed by atoms with Gasteiger partial charge in [0.2, 0.25) is 0 Å². The largest absolute Gasteiger partial charge is 0.381 e. The lowest BCUT2D eigenvalue weighted by Gasteiger charge is -2.46. The molecule has 21 heavy (non-hydrogen) atoms. The Hall–Kier alpha value is -0.120. The van der Waals surface area contributed by atoms with Crippen molar-refractivity contribution in [1.29, 1.82) is 0 Å². The molecule has 3 rings (SSSR count). The van der Waals surface area contributed by atoms with Crippen LogP contribution >= 0.6 is 0 Å². The molecule has 2 heterocycles. The van der Waals surface area contributed by atoms with Crippen molar-refractivity contribution in [2.45, 2.75) is 63.4 Å². The maximum atomic E-state index is 6.26. The van der Waals surface area contributed by atoms with E-state index in [9.17, 15) is 0 Å². The fourth-order valence-electron chi connectivity index (χ4n) is 5.07. The van der Waals surface area contributed by atoms with Crippen LogP contribution in [0.4, 0.5) is 0 Å². The van der Waals surface area contributed by atoms with Gasteiger partial charge in [-0.2, -0.15) is 0 Å². The molecule has 0 radical (unpaired) electrons. The third-order valence-electron chi connectivity index (χ3n) is 6.22. The molecule has 3 aliphatic rings. The minimum absolute atomic E-state index is 0.164. The monoisotopic (exact) mass is 295 g/mol. The van der Waals surface area contributed by atoms with Crippen LogP contribution in [0.25, 0.3) is 0 Å². The lowest BCUT2D eigenvalue weighted by atomic mass is 9.70. The molecule has 0 amide bonds. The first kappa shape index (κ1) is 15.8. The number of ether oxygens (including phenoxy) is 2. The average molecular weight is 295 g/mol. The normalized spacial score (nSPS) is 37.3. The number of rotatable bonds is 3. The predicted octanol–water partition coefficient (Wildman–Crippen LogP) is 3.38. The highest BCUT2D eigenvalue weighted by molar-refractivity contribution is 4.93. The van der Waals surface area contributed by atoms with Crippen LogP contribution in [0.15, 0.2) is 0 Å². The van der Waals surface area contributed by atoms with Crippen molar-refractivity contribution in [3.05, 3.63) is 0 Å². The molecule has 0 aromatic heterocycles.